The van der Waals surface area contributed by atoms with E-state index in [0.717, 1.165) is 6.42 Å². The zero-order valence-corrected chi connectivity index (χ0v) is 14.0. The van der Waals surface area contributed by atoms with Crippen LogP contribution in [0.25, 0.3) is 0 Å². The summed E-state index contributed by atoms with van der Waals surface area (Å²) in [5, 5.41) is 12.4. The largest absolute Gasteiger partial charge is 0.393 e. The number of aliphatic hydroxyl groups is 1. The molecule has 0 radical (unpaired) electrons. The van der Waals surface area contributed by atoms with Crippen molar-refractivity contribution in [3.8, 4) is 0 Å². The summed E-state index contributed by atoms with van der Waals surface area (Å²) < 4.78 is 0. The lowest BCUT2D eigenvalue weighted by molar-refractivity contribution is 0.162. The number of aliphatic hydroxyl groups excluding tert-OH is 1. The second-order valence-corrected chi connectivity index (χ2v) is 6.72. The van der Waals surface area contributed by atoms with E-state index in [1.54, 1.807) is 18.9 Å². The maximum Gasteiger partial charge on any atom is 0.317 e. The average molecular weight is 304 g/mol. The minimum absolute atomic E-state index is 0.0527. The molecule has 4 heteroatoms. The Morgan fingerprint density at radius 3 is 2.82 bits per heavy atom. The van der Waals surface area contributed by atoms with Gasteiger partial charge in [-0.25, -0.2) is 4.79 Å². The number of carbonyl (C=O) groups is 1. The number of carbonyl (C=O) groups excluding carboxylic acids is 1. The summed E-state index contributed by atoms with van der Waals surface area (Å²) in [6.07, 6.45) is 1.37. The Kier molecular flexibility index (Phi) is 5.46. The lowest BCUT2D eigenvalue weighted by Gasteiger charge is -2.22. The fourth-order valence-electron chi connectivity index (χ4n) is 2.95. The van der Waals surface area contributed by atoms with Crippen LogP contribution in [0.5, 0.6) is 0 Å². The molecule has 22 heavy (non-hydrogen) atoms. The Morgan fingerprint density at radius 2 is 2.18 bits per heavy atom. The molecule has 0 heterocycles. The molecule has 0 bridgehead atoms. The van der Waals surface area contributed by atoms with Crippen LogP contribution in [0.2, 0.25) is 0 Å². The molecular weight excluding hydrogens is 276 g/mol. The Morgan fingerprint density at radius 1 is 1.45 bits per heavy atom. The molecule has 0 unspecified atom stereocenters. The van der Waals surface area contributed by atoms with Gasteiger partial charge in [0.2, 0.25) is 0 Å². The molecular formula is C18H28N2O2. The molecule has 0 aromatic heterocycles. The van der Waals surface area contributed by atoms with Crippen LogP contribution in [-0.2, 0) is 0 Å². The quantitative estimate of drug-likeness (QED) is 0.849. The molecule has 2 N–H and O–H groups in total. The summed E-state index contributed by atoms with van der Waals surface area (Å²) >= 11 is 0. The van der Waals surface area contributed by atoms with E-state index in [-0.39, 0.29) is 18.2 Å². The summed E-state index contributed by atoms with van der Waals surface area (Å²) in [7, 11) is 1.77. The molecule has 1 aliphatic carbocycles. The number of nitrogens with one attached hydrogen (secondary N) is 1. The van der Waals surface area contributed by atoms with Crippen molar-refractivity contribution >= 4 is 6.03 Å². The molecule has 1 aromatic rings. The van der Waals surface area contributed by atoms with Gasteiger partial charge in [-0.2, -0.15) is 0 Å². The fraction of sp³-hybridized carbons (Fsp3) is 0.611. The molecule has 4 atom stereocenters. The van der Waals surface area contributed by atoms with Crippen LogP contribution < -0.4 is 5.32 Å². The SMILES string of the molecule is Cc1cccc([C@@H]2C[C@@H]2[C@H](C)NC(=O)N(C)CC[C@H](C)O)c1. The van der Waals surface area contributed by atoms with Crippen molar-refractivity contribution in [3.05, 3.63) is 35.4 Å². The lowest BCUT2D eigenvalue weighted by atomic mass is 10.0. The van der Waals surface area contributed by atoms with E-state index in [0.29, 0.717) is 24.8 Å². The maximum absolute atomic E-state index is 12.1. The third-order valence-corrected chi connectivity index (χ3v) is 4.53. The van der Waals surface area contributed by atoms with Crippen molar-refractivity contribution in [3.63, 3.8) is 0 Å². The smallest absolute Gasteiger partial charge is 0.317 e. The average Bonchev–Trinajstić information content (AvgIpc) is 3.25. The number of urea groups is 1. The zero-order chi connectivity index (χ0) is 16.3. The highest BCUT2D eigenvalue weighted by atomic mass is 16.3. The van der Waals surface area contributed by atoms with Gasteiger partial charge in [-0.05, 0) is 51.0 Å². The topological polar surface area (TPSA) is 52.6 Å². The van der Waals surface area contributed by atoms with Gasteiger partial charge >= 0.3 is 6.03 Å². The van der Waals surface area contributed by atoms with Gasteiger partial charge in [-0.1, -0.05) is 29.8 Å². The zero-order valence-electron chi connectivity index (χ0n) is 14.0. The molecule has 1 aromatic carbocycles. The van der Waals surface area contributed by atoms with Gasteiger partial charge in [0.25, 0.3) is 0 Å². The molecule has 1 saturated carbocycles. The van der Waals surface area contributed by atoms with Gasteiger partial charge in [0.1, 0.15) is 0 Å². The number of hydrogen-bond donors (Lipinski definition) is 2. The number of benzene rings is 1. The van der Waals surface area contributed by atoms with E-state index >= 15 is 0 Å². The van der Waals surface area contributed by atoms with Crippen molar-refractivity contribution in [2.45, 2.75) is 51.7 Å². The molecule has 1 aliphatic rings. The molecule has 2 rings (SSSR count). The second kappa shape index (κ2) is 7.14. The van der Waals surface area contributed by atoms with E-state index in [2.05, 4.69) is 43.4 Å². The maximum atomic E-state index is 12.1. The van der Waals surface area contributed by atoms with Crippen molar-refractivity contribution in [2.24, 2.45) is 5.92 Å². The monoisotopic (exact) mass is 304 g/mol. The fourth-order valence-corrected chi connectivity index (χ4v) is 2.95. The third-order valence-electron chi connectivity index (χ3n) is 4.53. The van der Waals surface area contributed by atoms with Crippen LogP contribution in [0.1, 0.15) is 43.7 Å². The minimum atomic E-state index is -0.373. The van der Waals surface area contributed by atoms with Crippen molar-refractivity contribution in [1.82, 2.24) is 10.2 Å². The second-order valence-electron chi connectivity index (χ2n) is 6.72. The summed E-state index contributed by atoms with van der Waals surface area (Å²) in [4.78, 5) is 13.8. The normalized spacial score (nSPS) is 22.8. The Hall–Kier alpha value is -1.55. The van der Waals surface area contributed by atoms with Crippen LogP contribution in [0.4, 0.5) is 4.79 Å². The van der Waals surface area contributed by atoms with E-state index in [4.69, 9.17) is 0 Å². The molecule has 4 nitrogen and oxygen atoms in total. The molecule has 2 amide bonds. The first-order valence-electron chi connectivity index (χ1n) is 8.14. The molecule has 0 spiro atoms. The predicted molar refractivity (Wildman–Crippen MR) is 88.9 cm³/mol. The van der Waals surface area contributed by atoms with E-state index in [9.17, 15) is 9.90 Å². The highest BCUT2D eigenvalue weighted by Gasteiger charge is 2.42. The summed E-state index contributed by atoms with van der Waals surface area (Å²) in [5.41, 5.74) is 2.67. The van der Waals surface area contributed by atoms with Crippen LogP contribution in [0.3, 0.4) is 0 Å². The van der Waals surface area contributed by atoms with Gasteiger partial charge in [0.15, 0.2) is 0 Å². The van der Waals surface area contributed by atoms with Gasteiger partial charge in [-0.15, -0.1) is 0 Å². The van der Waals surface area contributed by atoms with Gasteiger partial charge in [0.05, 0.1) is 6.10 Å². The van der Waals surface area contributed by atoms with Crippen molar-refractivity contribution < 1.29 is 9.90 Å². The van der Waals surface area contributed by atoms with Gasteiger partial charge in [0, 0.05) is 19.6 Å². The Balaban J connectivity index is 1.81. The van der Waals surface area contributed by atoms with Crippen LogP contribution >= 0.6 is 0 Å². The third kappa shape index (κ3) is 4.47. The molecule has 0 saturated heterocycles. The first-order valence-corrected chi connectivity index (χ1v) is 8.14. The predicted octanol–water partition coefficient (Wildman–Crippen LogP) is 2.90. The Bertz CT molecular complexity index is 516. The number of hydrogen-bond acceptors (Lipinski definition) is 2. The van der Waals surface area contributed by atoms with Gasteiger partial charge < -0.3 is 15.3 Å². The van der Waals surface area contributed by atoms with Gasteiger partial charge in [-0.3, -0.25) is 0 Å². The summed E-state index contributed by atoms with van der Waals surface area (Å²) in [6, 6.07) is 8.76. The molecule has 1 fully saturated rings. The highest BCUT2D eigenvalue weighted by molar-refractivity contribution is 5.74. The number of aryl methyl sites for hydroxylation is 1. The van der Waals surface area contributed by atoms with Crippen LogP contribution in [-0.4, -0.2) is 41.8 Å². The summed E-state index contributed by atoms with van der Waals surface area (Å²) in [5.74, 6) is 1.09. The van der Waals surface area contributed by atoms with E-state index in [1.807, 2.05) is 0 Å². The van der Waals surface area contributed by atoms with E-state index < -0.39 is 0 Å². The van der Waals surface area contributed by atoms with Crippen molar-refractivity contribution in [2.75, 3.05) is 13.6 Å². The Labute approximate surface area is 133 Å². The van der Waals surface area contributed by atoms with Crippen molar-refractivity contribution in [1.29, 1.82) is 0 Å². The van der Waals surface area contributed by atoms with Crippen LogP contribution in [0, 0.1) is 12.8 Å². The first kappa shape index (κ1) is 16.8. The van der Waals surface area contributed by atoms with Crippen LogP contribution in [0.15, 0.2) is 24.3 Å². The number of amides is 2. The summed E-state index contributed by atoms with van der Waals surface area (Å²) in [6.45, 7) is 6.51. The number of nitrogens with zero attached hydrogens (tertiary/aromatic N) is 1. The molecule has 0 aliphatic heterocycles. The van der Waals surface area contributed by atoms with E-state index in [1.165, 1.54) is 11.1 Å². The standard InChI is InChI=1S/C18H28N2O2/c1-12-6-5-7-15(10-12)17-11-16(17)14(3)19-18(22)20(4)9-8-13(2)21/h5-7,10,13-14,16-17,21H,8-9,11H2,1-4H3,(H,19,22)/t13-,14-,16+,17-/m0/s1. The molecule has 122 valence electrons. The minimum Gasteiger partial charge on any atom is -0.393 e. The lowest BCUT2D eigenvalue weighted by Crippen LogP contribution is -2.43. The highest BCUT2D eigenvalue weighted by Crippen LogP contribution is 2.49. The first-order chi connectivity index (χ1) is 10.4. The number of rotatable bonds is 6.